The molecule has 0 fully saturated rings. The van der Waals surface area contributed by atoms with Crippen molar-refractivity contribution < 1.29 is 18.9 Å². The van der Waals surface area contributed by atoms with E-state index in [1.807, 2.05) is 144 Å². The molecule has 0 saturated carbocycles. The van der Waals surface area contributed by atoms with Crippen LogP contribution in [0.1, 0.15) is 22.3 Å². The van der Waals surface area contributed by atoms with Gasteiger partial charge in [-0.2, -0.15) is 0 Å². The smallest absolute Gasteiger partial charge is 0.180 e. The van der Waals surface area contributed by atoms with Crippen molar-refractivity contribution in [2.24, 2.45) is 0 Å². The summed E-state index contributed by atoms with van der Waals surface area (Å²) in [6.07, 6.45) is 0. The number of nitrogens with zero attached hydrogens (tertiary/aromatic N) is 2. The van der Waals surface area contributed by atoms with Crippen molar-refractivity contribution in [3.8, 4) is 68.5 Å². The predicted octanol–water partition coefficient (Wildman–Crippen LogP) is 13.2. The van der Waals surface area contributed by atoms with Crippen molar-refractivity contribution in [1.82, 2.24) is 9.97 Å². The summed E-state index contributed by atoms with van der Waals surface area (Å²) in [5, 5.41) is 5.12. The second-order valence-corrected chi connectivity index (χ2v) is 14.8. The van der Waals surface area contributed by atoms with Gasteiger partial charge in [0.15, 0.2) is 10.3 Å². The van der Waals surface area contributed by atoms with Gasteiger partial charge in [0.2, 0.25) is 0 Å². The standard InChI is InChI=1S/2C23H20N2O2S/c2*1-15-12-20(13-16(2)22(15)21-14-28-23(24)25-21)27-19-10-8-18(9-11-19)26-17-6-4-3-5-7-17/h2*3-14H,1-2H3,(H2,24,25). The third-order valence-electron chi connectivity index (χ3n) is 8.65. The first-order valence-electron chi connectivity index (χ1n) is 17.8. The van der Waals surface area contributed by atoms with Crippen LogP contribution in [0.25, 0.3) is 22.5 Å². The molecule has 2 heterocycles. The second-order valence-electron chi connectivity index (χ2n) is 13.0. The molecule has 0 radical (unpaired) electrons. The summed E-state index contributed by atoms with van der Waals surface area (Å²) < 4.78 is 23.7. The van der Waals surface area contributed by atoms with Gasteiger partial charge in [0.1, 0.15) is 46.0 Å². The summed E-state index contributed by atoms with van der Waals surface area (Å²) >= 11 is 2.90. The Kier molecular flexibility index (Phi) is 11.6. The number of hydrogen-bond donors (Lipinski definition) is 2. The Labute approximate surface area is 334 Å². The van der Waals surface area contributed by atoms with E-state index in [1.165, 1.54) is 22.7 Å². The molecule has 0 unspecified atom stereocenters. The van der Waals surface area contributed by atoms with Gasteiger partial charge in [0, 0.05) is 21.9 Å². The van der Waals surface area contributed by atoms with Crippen LogP contribution in [0.2, 0.25) is 0 Å². The van der Waals surface area contributed by atoms with Gasteiger partial charge in [-0.25, -0.2) is 9.97 Å². The van der Waals surface area contributed by atoms with Crippen LogP contribution in [-0.4, -0.2) is 9.97 Å². The molecular weight excluding hydrogens is 737 g/mol. The van der Waals surface area contributed by atoms with Crippen LogP contribution in [0.3, 0.4) is 0 Å². The molecule has 0 amide bonds. The van der Waals surface area contributed by atoms with Crippen LogP contribution in [0.4, 0.5) is 10.3 Å². The van der Waals surface area contributed by atoms with Gasteiger partial charge in [0.05, 0.1) is 11.4 Å². The zero-order valence-corrected chi connectivity index (χ0v) is 33.0. The predicted molar refractivity (Wildman–Crippen MR) is 229 cm³/mol. The molecule has 0 saturated heterocycles. The molecule has 0 aliphatic rings. The van der Waals surface area contributed by atoms with E-state index in [-0.39, 0.29) is 0 Å². The number of aryl methyl sites for hydroxylation is 4. The average molecular weight is 777 g/mol. The monoisotopic (exact) mass is 776 g/mol. The minimum atomic E-state index is 0.576. The van der Waals surface area contributed by atoms with E-state index >= 15 is 0 Å². The minimum absolute atomic E-state index is 0.576. The summed E-state index contributed by atoms with van der Waals surface area (Å²) in [5.74, 6) is 6.23. The van der Waals surface area contributed by atoms with Crippen LogP contribution >= 0.6 is 22.7 Å². The number of aromatic nitrogens is 2. The maximum absolute atomic E-state index is 6.04. The Bertz CT molecular complexity index is 2310. The Morgan fingerprint density at radius 1 is 0.375 bits per heavy atom. The van der Waals surface area contributed by atoms with Crippen molar-refractivity contribution in [2.75, 3.05) is 11.5 Å². The van der Waals surface area contributed by atoms with Gasteiger partial charge < -0.3 is 30.4 Å². The highest BCUT2D eigenvalue weighted by atomic mass is 32.1. The molecule has 2 aromatic heterocycles. The van der Waals surface area contributed by atoms with E-state index in [0.29, 0.717) is 10.3 Å². The molecule has 10 heteroatoms. The van der Waals surface area contributed by atoms with Crippen LogP contribution < -0.4 is 30.4 Å². The molecular formula is C46H40N4O4S2. The van der Waals surface area contributed by atoms with E-state index in [1.54, 1.807) is 0 Å². The van der Waals surface area contributed by atoms with E-state index in [2.05, 4.69) is 37.7 Å². The second kappa shape index (κ2) is 17.2. The number of para-hydroxylation sites is 2. The fraction of sp³-hybridized carbons (Fsp3) is 0.0870. The van der Waals surface area contributed by atoms with Crippen LogP contribution in [0.5, 0.6) is 46.0 Å². The highest BCUT2D eigenvalue weighted by molar-refractivity contribution is 7.14. The summed E-state index contributed by atoms with van der Waals surface area (Å²) in [6, 6.07) is 42.7. The first-order valence-corrected chi connectivity index (χ1v) is 19.6. The highest BCUT2D eigenvalue weighted by Crippen LogP contribution is 2.36. The molecule has 8 aromatic rings. The fourth-order valence-electron chi connectivity index (χ4n) is 6.25. The lowest BCUT2D eigenvalue weighted by Crippen LogP contribution is -1.93. The number of rotatable bonds is 10. The van der Waals surface area contributed by atoms with E-state index in [0.717, 1.165) is 90.8 Å². The van der Waals surface area contributed by atoms with E-state index in [9.17, 15) is 0 Å². The molecule has 280 valence electrons. The van der Waals surface area contributed by atoms with Crippen molar-refractivity contribution in [2.45, 2.75) is 27.7 Å². The quantitative estimate of drug-likeness (QED) is 0.141. The third kappa shape index (κ3) is 9.54. The Hall–Kier alpha value is -6.62. The van der Waals surface area contributed by atoms with Crippen LogP contribution in [-0.2, 0) is 0 Å². The molecule has 8 nitrogen and oxygen atoms in total. The van der Waals surface area contributed by atoms with Crippen molar-refractivity contribution in [1.29, 1.82) is 0 Å². The van der Waals surface area contributed by atoms with Crippen LogP contribution in [0, 0.1) is 27.7 Å². The summed E-state index contributed by atoms with van der Waals surface area (Å²) in [4.78, 5) is 8.80. The maximum Gasteiger partial charge on any atom is 0.180 e. The van der Waals surface area contributed by atoms with Gasteiger partial charge in [-0.05, 0) is 147 Å². The number of anilines is 2. The molecule has 4 N–H and O–H groups in total. The highest BCUT2D eigenvalue weighted by Gasteiger charge is 2.13. The fourth-order valence-corrected chi connectivity index (χ4v) is 7.36. The normalized spacial score (nSPS) is 10.6. The van der Waals surface area contributed by atoms with Crippen molar-refractivity contribution >= 4 is 32.9 Å². The Morgan fingerprint density at radius 2 is 0.643 bits per heavy atom. The number of nitrogens with two attached hydrogens (primary N) is 2. The lowest BCUT2D eigenvalue weighted by molar-refractivity contribution is 0.469. The Morgan fingerprint density at radius 3 is 0.911 bits per heavy atom. The molecule has 0 aliphatic carbocycles. The summed E-state index contributed by atoms with van der Waals surface area (Å²) in [7, 11) is 0. The van der Waals surface area contributed by atoms with E-state index in [4.69, 9.17) is 30.4 Å². The molecule has 8 rings (SSSR count). The lowest BCUT2D eigenvalue weighted by atomic mass is 10.0. The zero-order chi connectivity index (χ0) is 39.0. The van der Waals surface area contributed by atoms with Gasteiger partial charge >= 0.3 is 0 Å². The first-order chi connectivity index (χ1) is 27.2. The number of nitrogen functional groups attached to an aromatic ring is 2. The summed E-state index contributed by atoms with van der Waals surface area (Å²) in [5.41, 5.74) is 20.0. The van der Waals surface area contributed by atoms with Gasteiger partial charge in [-0.1, -0.05) is 36.4 Å². The molecule has 0 aliphatic heterocycles. The number of thiazole rings is 2. The number of ether oxygens (including phenoxy) is 4. The molecule has 0 bridgehead atoms. The van der Waals surface area contributed by atoms with Crippen molar-refractivity contribution in [3.63, 3.8) is 0 Å². The SMILES string of the molecule is Cc1cc(Oc2ccc(Oc3ccccc3)cc2)cc(C)c1-c1csc(N)n1.Cc1cc(Oc2ccc(Oc3ccccc3)cc2)cc(C)c1-c1csc(N)n1. The van der Waals surface area contributed by atoms with Gasteiger partial charge in [-0.15, -0.1) is 22.7 Å². The molecule has 0 spiro atoms. The topological polar surface area (TPSA) is 115 Å². The third-order valence-corrected chi connectivity index (χ3v) is 9.99. The van der Waals surface area contributed by atoms with E-state index < -0.39 is 0 Å². The maximum atomic E-state index is 6.04. The minimum Gasteiger partial charge on any atom is -0.457 e. The summed E-state index contributed by atoms with van der Waals surface area (Å²) in [6.45, 7) is 8.23. The van der Waals surface area contributed by atoms with Gasteiger partial charge in [-0.3, -0.25) is 0 Å². The molecule has 6 aromatic carbocycles. The van der Waals surface area contributed by atoms with Gasteiger partial charge in [0.25, 0.3) is 0 Å². The number of benzene rings is 6. The average Bonchev–Trinajstić information content (AvgIpc) is 3.81. The molecule has 56 heavy (non-hydrogen) atoms. The lowest BCUT2D eigenvalue weighted by Gasteiger charge is -2.12. The number of hydrogen-bond acceptors (Lipinski definition) is 10. The van der Waals surface area contributed by atoms with Crippen LogP contribution in [0.15, 0.2) is 144 Å². The first kappa shape index (κ1) is 37.7. The zero-order valence-electron chi connectivity index (χ0n) is 31.4. The largest absolute Gasteiger partial charge is 0.457 e. The molecule has 0 atom stereocenters. The van der Waals surface area contributed by atoms with Crippen molar-refractivity contribution in [3.05, 3.63) is 166 Å². The Balaban J connectivity index is 0.000000172.